The largest absolute Gasteiger partial charge is 0.459 e. The van der Waals surface area contributed by atoms with Crippen LogP contribution in [0, 0.1) is 17.8 Å². The minimum atomic E-state index is -1.08. The van der Waals surface area contributed by atoms with Crippen molar-refractivity contribution in [2.45, 2.75) is 38.3 Å². The number of amides is 2. The van der Waals surface area contributed by atoms with Crippen molar-refractivity contribution in [1.82, 2.24) is 0 Å². The molecule has 0 spiro atoms. The van der Waals surface area contributed by atoms with Crippen LogP contribution in [0.25, 0.3) is 11.6 Å². The van der Waals surface area contributed by atoms with E-state index in [0.29, 0.717) is 43.1 Å². The SMILES string of the molecule is COCC1=C2[C@@H](CC/C(=C/c3ccc(CO)o3)c3ccccc3)OB(O)C[C@@H]2[C@@H]2C(=O)N(c3ccc(Nc4ccccc4)cc3)C(=O)[C@@H]2C1. The van der Waals surface area contributed by atoms with Gasteiger partial charge in [0.15, 0.2) is 0 Å². The summed E-state index contributed by atoms with van der Waals surface area (Å²) in [6, 6.07) is 30.7. The third-order valence-corrected chi connectivity index (χ3v) is 9.79. The number of nitrogens with zero attached hydrogens (tertiary/aromatic N) is 1. The highest BCUT2D eigenvalue weighted by atomic mass is 16.5. The lowest BCUT2D eigenvalue weighted by molar-refractivity contribution is -0.122. The third-order valence-electron chi connectivity index (χ3n) is 9.79. The van der Waals surface area contributed by atoms with Gasteiger partial charge in [0.2, 0.25) is 11.8 Å². The Balaban J connectivity index is 1.15. The summed E-state index contributed by atoms with van der Waals surface area (Å²) in [4.78, 5) is 29.5. The summed E-state index contributed by atoms with van der Waals surface area (Å²) in [6.07, 6.45) is 3.23. The molecule has 2 saturated heterocycles. The average molecular weight is 659 g/mol. The summed E-state index contributed by atoms with van der Waals surface area (Å²) >= 11 is 0. The Morgan fingerprint density at radius 3 is 2.35 bits per heavy atom. The maximum absolute atomic E-state index is 14.2. The molecule has 1 aromatic heterocycles. The van der Waals surface area contributed by atoms with Crippen LogP contribution in [-0.2, 0) is 25.6 Å². The molecule has 9 nitrogen and oxygen atoms in total. The number of rotatable bonds is 11. The number of imide groups is 1. The van der Waals surface area contributed by atoms with E-state index in [0.717, 1.165) is 33.7 Å². The Labute approximate surface area is 286 Å². The first kappa shape index (κ1) is 32.8. The number of allylic oxidation sites excluding steroid dienone is 1. The van der Waals surface area contributed by atoms with Crippen LogP contribution in [0.3, 0.4) is 0 Å². The normalized spacial score (nSPS) is 22.4. The monoisotopic (exact) mass is 658 g/mol. The molecular weight excluding hydrogens is 619 g/mol. The molecule has 1 aliphatic carbocycles. The molecule has 250 valence electrons. The van der Waals surface area contributed by atoms with Crippen LogP contribution in [0.1, 0.15) is 36.3 Å². The van der Waals surface area contributed by atoms with E-state index < -0.39 is 25.1 Å². The highest BCUT2D eigenvalue weighted by Gasteiger charge is 2.57. The van der Waals surface area contributed by atoms with Gasteiger partial charge in [-0.3, -0.25) is 14.5 Å². The van der Waals surface area contributed by atoms with Crippen LogP contribution >= 0.6 is 0 Å². The molecule has 3 heterocycles. The molecule has 0 bridgehead atoms. The molecule has 3 aliphatic rings. The third kappa shape index (κ3) is 6.78. The number of aliphatic hydroxyl groups excluding tert-OH is 1. The first-order valence-corrected chi connectivity index (χ1v) is 16.7. The van der Waals surface area contributed by atoms with Crippen LogP contribution < -0.4 is 10.2 Å². The second kappa shape index (κ2) is 14.4. The zero-order valence-corrected chi connectivity index (χ0v) is 27.3. The summed E-state index contributed by atoms with van der Waals surface area (Å²) in [5, 5.41) is 23.9. The minimum absolute atomic E-state index is 0.183. The van der Waals surface area contributed by atoms with Gasteiger partial charge in [0.05, 0.1) is 30.2 Å². The Bertz CT molecular complexity index is 1850. The standard InChI is InChI=1S/C39H39BN2O7/c1-47-24-27-21-33-37(39(45)42(38(33)44)30-15-13-29(14-16-30)41-28-10-6-3-7-11-28)34-22-40(46)49-35(36(27)34)19-12-26(25-8-4-2-5-9-25)20-31-17-18-32(23-43)48-31/h2-11,13-18,20,33-35,37,41,43,46H,12,19,21-24H2,1H3/b26-20-/t33-,34+,35-,37-/m1/s1. The van der Waals surface area contributed by atoms with Gasteiger partial charge in [0.25, 0.3) is 0 Å². The van der Waals surface area contributed by atoms with Crippen LogP contribution in [0.5, 0.6) is 0 Å². The van der Waals surface area contributed by atoms with Crippen LogP contribution in [0.15, 0.2) is 113 Å². The van der Waals surface area contributed by atoms with Gasteiger partial charge in [-0.15, -0.1) is 0 Å². The highest BCUT2D eigenvalue weighted by Crippen LogP contribution is 2.51. The Morgan fingerprint density at radius 1 is 0.939 bits per heavy atom. The van der Waals surface area contributed by atoms with Gasteiger partial charge in [-0.2, -0.15) is 0 Å². The second-order valence-corrected chi connectivity index (χ2v) is 12.8. The fourth-order valence-corrected chi connectivity index (χ4v) is 7.67. The number of anilines is 3. The number of fused-ring (bicyclic) bond motifs is 3. The van der Waals surface area contributed by atoms with Crippen molar-refractivity contribution in [2.24, 2.45) is 17.8 Å². The number of aliphatic hydroxyl groups is 1. The lowest BCUT2D eigenvalue weighted by Crippen LogP contribution is -2.46. The smallest absolute Gasteiger partial charge is 0.455 e. The molecule has 4 atom stereocenters. The number of hydrogen-bond donors (Lipinski definition) is 3. The lowest BCUT2D eigenvalue weighted by atomic mass is 9.58. The number of ether oxygens (including phenoxy) is 1. The molecule has 3 aromatic carbocycles. The van der Waals surface area contributed by atoms with E-state index in [1.165, 1.54) is 4.90 Å². The van der Waals surface area contributed by atoms with E-state index >= 15 is 0 Å². The van der Waals surface area contributed by atoms with E-state index in [1.807, 2.05) is 84.9 Å². The number of hydrogen-bond acceptors (Lipinski definition) is 8. The minimum Gasteiger partial charge on any atom is -0.459 e. The van der Waals surface area contributed by atoms with Gasteiger partial charge in [-0.25, -0.2) is 0 Å². The molecule has 0 saturated carbocycles. The van der Waals surface area contributed by atoms with Gasteiger partial charge in [0.1, 0.15) is 18.1 Å². The van der Waals surface area contributed by atoms with Gasteiger partial charge in [0, 0.05) is 18.5 Å². The second-order valence-electron chi connectivity index (χ2n) is 12.8. The Kier molecular flexibility index (Phi) is 9.64. The summed E-state index contributed by atoms with van der Waals surface area (Å²) < 4.78 is 17.6. The molecule has 2 aliphatic heterocycles. The van der Waals surface area contributed by atoms with Gasteiger partial charge >= 0.3 is 7.12 Å². The number of furan rings is 1. The first-order valence-electron chi connectivity index (χ1n) is 16.7. The molecule has 10 heteroatoms. The summed E-state index contributed by atoms with van der Waals surface area (Å²) in [5.41, 5.74) is 6.26. The van der Waals surface area contributed by atoms with Crippen molar-refractivity contribution in [3.05, 3.63) is 125 Å². The lowest BCUT2D eigenvalue weighted by Gasteiger charge is -2.43. The maximum Gasteiger partial charge on any atom is 0.455 e. The Morgan fingerprint density at radius 2 is 1.65 bits per heavy atom. The van der Waals surface area contributed by atoms with E-state index in [-0.39, 0.29) is 30.7 Å². The fraction of sp³-hybridized carbons (Fsp3) is 0.282. The molecule has 2 fully saturated rings. The number of methoxy groups -OCH3 is 1. The molecule has 49 heavy (non-hydrogen) atoms. The van der Waals surface area contributed by atoms with Crippen molar-refractivity contribution >= 4 is 47.6 Å². The molecule has 0 radical (unpaired) electrons. The van der Waals surface area contributed by atoms with E-state index in [2.05, 4.69) is 5.32 Å². The summed E-state index contributed by atoms with van der Waals surface area (Å²) in [5.74, 6) is -0.860. The quantitative estimate of drug-likeness (QED) is 0.0951. The predicted octanol–water partition coefficient (Wildman–Crippen LogP) is 6.48. The maximum atomic E-state index is 14.2. The number of benzene rings is 3. The number of carbonyl (C=O) groups excluding carboxylic acids is 2. The number of carbonyl (C=O) groups is 2. The van der Waals surface area contributed by atoms with E-state index in [4.69, 9.17) is 13.8 Å². The van der Waals surface area contributed by atoms with Gasteiger partial charge in [-0.05, 0) is 108 Å². The fourth-order valence-electron chi connectivity index (χ4n) is 7.67. The van der Waals surface area contributed by atoms with Crippen molar-refractivity contribution in [2.75, 3.05) is 23.9 Å². The van der Waals surface area contributed by atoms with Crippen LogP contribution in [0.4, 0.5) is 17.1 Å². The van der Waals surface area contributed by atoms with E-state index in [1.54, 1.807) is 25.3 Å². The molecule has 2 amide bonds. The van der Waals surface area contributed by atoms with Crippen LogP contribution in [-0.4, -0.2) is 48.9 Å². The predicted molar refractivity (Wildman–Crippen MR) is 188 cm³/mol. The van der Waals surface area contributed by atoms with Crippen molar-refractivity contribution in [3.8, 4) is 0 Å². The number of nitrogens with one attached hydrogen (secondary N) is 1. The van der Waals surface area contributed by atoms with Crippen molar-refractivity contribution < 1.29 is 33.5 Å². The van der Waals surface area contributed by atoms with E-state index in [9.17, 15) is 19.7 Å². The summed E-state index contributed by atoms with van der Waals surface area (Å²) in [7, 11) is 0.546. The first-order chi connectivity index (χ1) is 23.9. The zero-order valence-electron chi connectivity index (χ0n) is 27.3. The molecule has 7 rings (SSSR count). The molecule has 4 aromatic rings. The summed E-state index contributed by atoms with van der Waals surface area (Å²) in [6.45, 7) is 0.127. The molecule has 0 unspecified atom stereocenters. The topological polar surface area (TPSA) is 121 Å². The number of para-hydroxylation sites is 1. The Hall–Kier alpha value is -4.74. The van der Waals surface area contributed by atoms with Crippen molar-refractivity contribution in [3.63, 3.8) is 0 Å². The average Bonchev–Trinajstić information content (AvgIpc) is 3.68. The van der Waals surface area contributed by atoms with Crippen molar-refractivity contribution in [1.29, 1.82) is 0 Å². The van der Waals surface area contributed by atoms with Gasteiger partial charge in [-0.1, -0.05) is 48.5 Å². The van der Waals surface area contributed by atoms with Crippen LogP contribution in [0.2, 0.25) is 6.32 Å². The molecule has 3 N–H and O–H groups in total. The zero-order chi connectivity index (χ0) is 33.9. The van der Waals surface area contributed by atoms with Gasteiger partial charge < -0.3 is 29.3 Å². The molecular formula is C39H39BN2O7. The highest BCUT2D eigenvalue weighted by molar-refractivity contribution is 6.43.